The molecule has 4 rings (SSSR count). The van der Waals surface area contributed by atoms with E-state index in [-0.39, 0.29) is 48.4 Å². The highest BCUT2D eigenvalue weighted by atomic mass is 35.5. The van der Waals surface area contributed by atoms with Crippen molar-refractivity contribution in [3.63, 3.8) is 0 Å². The molecule has 1 aromatic heterocycles. The van der Waals surface area contributed by atoms with E-state index in [1.165, 1.54) is 12.4 Å². The number of amidine groups is 1. The number of alkyl halides is 1. The lowest BCUT2D eigenvalue weighted by molar-refractivity contribution is 0.0987. The number of rotatable bonds is 7. The zero-order chi connectivity index (χ0) is 22.0. The molecule has 7 nitrogen and oxygen atoms in total. The van der Waals surface area contributed by atoms with Crippen LogP contribution in [0.25, 0.3) is 0 Å². The number of nitrogens with zero attached hydrogens (tertiary/aromatic N) is 3. The summed E-state index contributed by atoms with van der Waals surface area (Å²) in [6.07, 6.45) is 3.28. The zero-order valence-corrected chi connectivity index (χ0v) is 17.5. The molecule has 2 aromatic rings. The van der Waals surface area contributed by atoms with Gasteiger partial charge in [0.05, 0.1) is 12.4 Å². The van der Waals surface area contributed by atoms with Gasteiger partial charge in [0, 0.05) is 22.9 Å². The number of fused-ring (bicyclic) bond motifs is 1. The summed E-state index contributed by atoms with van der Waals surface area (Å²) in [6, 6.07) is 5.04. The van der Waals surface area contributed by atoms with Crippen LogP contribution in [-0.2, 0) is 16.7 Å². The fourth-order valence-corrected chi connectivity index (χ4v) is 4.01. The molecule has 1 saturated carbocycles. The Morgan fingerprint density at radius 1 is 1.42 bits per heavy atom. The molecule has 31 heavy (non-hydrogen) atoms. The van der Waals surface area contributed by atoms with Crippen molar-refractivity contribution in [2.45, 2.75) is 31.4 Å². The minimum Gasteiger partial charge on any atom is -0.463 e. The quantitative estimate of drug-likeness (QED) is 0.523. The van der Waals surface area contributed by atoms with Crippen LogP contribution in [-0.4, -0.2) is 41.2 Å². The molecule has 1 aromatic carbocycles. The van der Waals surface area contributed by atoms with Crippen LogP contribution in [0, 0.1) is 17.8 Å². The molecule has 9 heteroatoms. The largest absolute Gasteiger partial charge is 0.463 e. The highest BCUT2D eigenvalue weighted by Gasteiger charge is 2.59. The predicted molar refractivity (Wildman–Crippen MR) is 113 cm³/mol. The van der Waals surface area contributed by atoms with Crippen LogP contribution in [0.3, 0.4) is 0 Å². The number of carbonyl (C=O) groups excluding carboxylic acids is 1. The Morgan fingerprint density at radius 2 is 2.26 bits per heavy atom. The van der Waals surface area contributed by atoms with Gasteiger partial charge in [0.15, 0.2) is 12.4 Å². The number of carbonyl (C=O) groups is 1. The van der Waals surface area contributed by atoms with Gasteiger partial charge >= 0.3 is 0 Å². The van der Waals surface area contributed by atoms with E-state index in [4.69, 9.17) is 26.8 Å². The third kappa shape index (κ3) is 4.19. The third-order valence-electron chi connectivity index (χ3n) is 5.38. The average Bonchev–Trinajstić information content (AvgIpc) is 3.55. The second-order valence-corrected chi connectivity index (χ2v) is 7.78. The van der Waals surface area contributed by atoms with Crippen molar-refractivity contribution in [1.29, 1.82) is 0 Å². The second kappa shape index (κ2) is 8.52. The number of nitrogens with two attached hydrogens (primary N) is 1. The Labute approximate surface area is 183 Å². The standard InChI is InChI=1S/C22H20ClFN4O3/c1-2-3-6-30-20-11-26-17(10-27-20)18(29)8-13-4-5-16(23)14(7-13)22(12-24)15-9-19(15)31-21(25)28-22/h4-5,7,10-11,15,19H,6,8-9,12H2,1H3,(H2,25,28)/t15-,19+,22+/m0/s1. The fourth-order valence-electron chi connectivity index (χ4n) is 3.73. The second-order valence-electron chi connectivity index (χ2n) is 7.38. The number of aromatic nitrogens is 2. The van der Waals surface area contributed by atoms with E-state index in [1.807, 2.05) is 0 Å². The Morgan fingerprint density at radius 3 is 2.97 bits per heavy atom. The third-order valence-corrected chi connectivity index (χ3v) is 5.71. The number of halogens is 2. The van der Waals surface area contributed by atoms with Crippen LogP contribution >= 0.6 is 11.6 Å². The van der Waals surface area contributed by atoms with Crippen LogP contribution in [0.15, 0.2) is 35.6 Å². The van der Waals surface area contributed by atoms with Crippen molar-refractivity contribution < 1.29 is 18.7 Å². The summed E-state index contributed by atoms with van der Waals surface area (Å²) in [4.78, 5) is 25.2. The molecule has 2 aliphatic rings. The maximum atomic E-state index is 14.3. The summed E-state index contributed by atoms with van der Waals surface area (Å²) in [6.45, 7) is 1.15. The summed E-state index contributed by atoms with van der Waals surface area (Å²) < 4.78 is 25.0. The minimum atomic E-state index is -1.19. The first kappa shape index (κ1) is 21.1. The van der Waals surface area contributed by atoms with Gasteiger partial charge in [-0.15, -0.1) is 5.92 Å². The molecule has 0 bridgehead atoms. The lowest BCUT2D eigenvalue weighted by atomic mass is 9.84. The molecule has 1 aliphatic carbocycles. The van der Waals surface area contributed by atoms with Crippen molar-refractivity contribution in [3.8, 4) is 17.7 Å². The molecule has 2 N–H and O–H groups in total. The predicted octanol–water partition coefficient (Wildman–Crippen LogP) is 2.86. The molecule has 160 valence electrons. The van der Waals surface area contributed by atoms with E-state index >= 15 is 0 Å². The number of aliphatic imine (C=N–C) groups is 1. The molecular formula is C22H20ClFN4O3. The van der Waals surface area contributed by atoms with Gasteiger partial charge in [-0.25, -0.2) is 19.4 Å². The van der Waals surface area contributed by atoms with Gasteiger partial charge in [-0.3, -0.25) is 4.79 Å². The van der Waals surface area contributed by atoms with Gasteiger partial charge < -0.3 is 15.2 Å². The van der Waals surface area contributed by atoms with E-state index in [2.05, 4.69) is 26.8 Å². The van der Waals surface area contributed by atoms with E-state index in [0.29, 0.717) is 22.6 Å². The SMILES string of the molecule is CC#CCOc1cnc(C(=O)Cc2ccc(Cl)c([C@@]3(CF)N=C(N)O[C@@H]4C[C@@H]43)c2)cn1. The van der Waals surface area contributed by atoms with E-state index in [9.17, 15) is 9.18 Å². The first-order valence-electron chi connectivity index (χ1n) is 9.71. The van der Waals surface area contributed by atoms with Crippen molar-refractivity contribution in [1.82, 2.24) is 9.97 Å². The lowest BCUT2D eigenvalue weighted by Gasteiger charge is -2.32. The molecular weight excluding hydrogens is 423 g/mol. The molecule has 3 atom stereocenters. The monoisotopic (exact) mass is 442 g/mol. The van der Waals surface area contributed by atoms with Crippen LogP contribution in [0.4, 0.5) is 4.39 Å². The molecule has 0 spiro atoms. The molecule has 2 heterocycles. The topological polar surface area (TPSA) is 99.7 Å². The van der Waals surface area contributed by atoms with Crippen LogP contribution in [0.5, 0.6) is 5.88 Å². The number of ketones is 1. The molecule has 1 fully saturated rings. The van der Waals surface area contributed by atoms with Crippen molar-refractivity contribution in [3.05, 3.63) is 52.4 Å². The summed E-state index contributed by atoms with van der Waals surface area (Å²) in [7, 11) is 0. The van der Waals surface area contributed by atoms with Crippen LogP contribution in [0.1, 0.15) is 35.0 Å². The Balaban J connectivity index is 1.54. The number of Topliss-reactive ketones (excluding diaryl/α,β-unsaturated/α-hetero) is 1. The van der Waals surface area contributed by atoms with Crippen LogP contribution in [0.2, 0.25) is 5.02 Å². The van der Waals surface area contributed by atoms with Crippen molar-refractivity contribution in [2.24, 2.45) is 16.6 Å². The number of hydrogen-bond donors (Lipinski definition) is 1. The molecule has 1 aliphatic heterocycles. The highest BCUT2D eigenvalue weighted by molar-refractivity contribution is 6.31. The Kier molecular flexibility index (Phi) is 5.79. The zero-order valence-electron chi connectivity index (χ0n) is 16.8. The van der Waals surface area contributed by atoms with Crippen LogP contribution < -0.4 is 10.5 Å². The lowest BCUT2D eigenvalue weighted by Crippen LogP contribution is -2.39. The van der Waals surface area contributed by atoms with Gasteiger partial charge in [0.25, 0.3) is 6.02 Å². The smallest absolute Gasteiger partial charge is 0.283 e. The van der Waals surface area contributed by atoms with Gasteiger partial charge in [-0.1, -0.05) is 29.7 Å². The summed E-state index contributed by atoms with van der Waals surface area (Å²) in [5.74, 6) is 5.37. The molecule has 0 radical (unpaired) electrons. The molecule has 0 saturated heterocycles. The van der Waals surface area contributed by atoms with E-state index in [1.54, 1.807) is 25.1 Å². The maximum absolute atomic E-state index is 14.3. The number of ether oxygens (including phenoxy) is 2. The minimum absolute atomic E-state index is 0.0450. The summed E-state index contributed by atoms with van der Waals surface area (Å²) in [5.41, 5.74) is 5.94. The Hall–Kier alpha value is -3.18. The van der Waals surface area contributed by atoms with Crippen molar-refractivity contribution in [2.75, 3.05) is 13.3 Å². The fraction of sp³-hybridized carbons (Fsp3) is 0.364. The highest BCUT2D eigenvalue weighted by Crippen LogP contribution is 2.54. The van der Waals surface area contributed by atoms with Crippen molar-refractivity contribution >= 4 is 23.4 Å². The van der Waals surface area contributed by atoms with Gasteiger partial charge in [-0.05, 0) is 25.0 Å². The molecule has 0 unspecified atom stereocenters. The Bertz CT molecular complexity index is 1100. The number of hydrogen-bond acceptors (Lipinski definition) is 7. The summed E-state index contributed by atoms with van der Waals surface area (Å²) in [5, 5.41) is 0.370. The number of benzene rings is 1. The molecule has 0 amide bonds. The summed E-state index contributed by atoms with van der Waals surface area (Å²) >= 11 is 6.40. The average molecular weight is 443 g/mol. The van der Waals surface area contributed by atoms with E-state index < -0.39 is 12.2 Å². The first-order chi connectivity index (χ1) is 15.0. The first-order valence-corrected chi connectivity index (χ1v) is 10.1. The van der Waals surface area contributed by atoms with Gasteiger partial charge in [-0.2, -0.15) is 0 Å². The maximum Gasteiger partial charge on any atom is 0.283 e. The van der Waals surface area contributed by atoms with E-state index in [0.717, 1.165) is 0 Å². The van der Waals surface area contributed by atoms with Gasteiger partial charge in [0.1, 0.15) is 24.0 Å². The van der Waals surface area contributed by atoms with Gasteiger partial charge in [0.2, 0.25) is 5.88 Å². The normalized spacial score (nSPS) is 23.5.